The van der Waals surface area contributed by atoms with Crippen molar-refractivity contribution in [2.75, 3.05) is 19.7 Å². The minimum Gasteiger partial charge on any atom is -0.363 e. The molecule has 20 heavy (non-hydrogen) atoms. The number of piperidine rings is 1. The molecule has 0 saturated carbocycles. The van der Waals surface area contributed by atoms with E-state index in [1.165, 1.54) is 6.92 Å². The topological polar surface area (TPSA) is 41.6 Å². The Kier molecular flexibility index (Phi) is 4.90. The van der Waals surface area contributed by atoms with Gasteiger partial charge >= 0.3 is 6.18 Å². The maximum Gasteiger partial charge on any atom is 0.395 e. The molecule has 2 aliphatic rings. The molecule has 0 radical (unpaired) electrons. The van der Waals surface area contributed by atoms with Gasteiger partial charge in [-0.3, -0.25) is 10.1 Å². The number of likely N-dealkylation sites (tertiary alicyclic amines) is 1. The third-order valence-corrected chi connectivity index (χ3v) is 4.08. The molecule has 2 rings (SSSR count). The predicted octanol–water partition coefficient (Wildman–Crippen LogP) is 1.90. The number of alkyl halides is 3. The van der Waals surface area contributed by atoms with Crippen LogP contribution in [0, 0.1) is 5.92 Å². The van der Waals surface area contributed by atoms with Gasteiger partial charge in [0.2, 0.25) is 5.91 Å². The van der Waals surface area contributed by atoms with E-state index in [0.717, 1.165) is 0 Å². The van der Waals surface area contributed by atoms with Crippen molar-refractivity contribution in [1.29, 1.82) is 0 Å². The highest BCUT2D eigenvalue weighted by Crippen LogP contribution is 2.35. The first-order valence-electron chi connectivity index (χ1n) is 7.08. The normalized spacial score (nSPS) is 29.5. The fourth-order valence-electron chi connectivity index (χ4n) is 2.87. The van der Waals surface area contributed by atoms with E-state index in [9.17, 15) is 18.0 Å². The van der Waals surface area contributed by atoms with Gasteiger partial charge in [0.15, 0.2) is 0 Å². The molecule has 2 heterocycles. The molecule has 1 amide bonds. The van der Waals surface area contributed by atoms with Crippen molar-refractivity contribution in [3.05, 3.63) is 0 Å². The predicted molar refractivity (Wildman–Crippen MR) is 66.9 cm³/mol. The van der Waals surface area contributed by atoms with Crippen molar-refractivity contribution in [2.45, 2.75) is 51.1 Å². The number of ether oxygens (including phenoxy) is 1. The molecule has 2 aliphatic heterocycles. The third kappa shape index (κ3) is 3.85. The summed E-state index contributed by atoms with van der Waals surface area (Å²) in [5.41, 5.74) is 0. The van der Waals surface area contributed by atoms with Crippen LogP contribution in [-0.4, -0.2) is 48.9 Å². The Morgan fingerprint density at radius 3 is 2.45 bits per heavy atom. The third-order valence-electron chi connectivity index (χ3n) is 4.08. The van der Waals surface area contributed by atoms with Crippen LogP contribution in [0.15, 0.2) is 0 Å². The highest BCUT2D eigenvalue weighted by atomic mass is 19.4. The standard InChI is InChI=1S/C13H21F3N2O2/c1-9(19)18-6-4-10(5-7-18)17-12-11(13(14,15)16)3-2-8-20-12/h10-12,17H,2-8H2,1H3. The second kappa shape index (κ2) is 6.30. The number of hydrogen-bond acceptors (Lipinski definition) is 3. The first-order chi connectivity index (χ1) is 9.38. The zero-order valence-electron chi connectivity index (χ0n) is 11.6. The number of carbonyl (C=O) groups excluding carboxylic acids is 1. The summed E-state index contributed by atoms with van der Waals surface area (Å²) in [5.74, 6) is -1.41. The van der Waals surface area contributed by atoms with Crippen LogP contribution < -0.4 is 5.32 Å². The van der Waals surface area contributed by atoms with Gasteiger partial charge in [-0.25, -0.2) is 0 Å². The van der Waals surface area contributed by atoms with Gasteiger partial charge in [-0.1, -0.05) is 0 Å². The lowest BCUT2D eigenvalue weighted by Crippen LogP contribution is -2.54. The van der Waals surface area contributed by atoms with E-state index in [0.29, 0.717) is 39.0 Å². The smallest absolute Gasteiger partial charge is 0.363 e. The second-order valence-corrected chi connectivity index (χ2v) is 5.53. The van der Waals surface area contributed by atoms with Crippen molar-refractivity contribution < 1.29 is 22.7 Å². The molecule has 2 saturated heterocycles. The molecule has 7 heteroatoms. The molecule has 0 aliphatic carbocycles. The molecule has 2 fully saturated rings. The minimum atomic E-state index is -4.22. The minimum absolute atomic E-state index is 0.0152. The lowest BCUT2D eigenvalue weighted by atomic mass is 9.96. The van der Waals surface area contributed by atoms with E-state index >= 15 is 0 Å². The molecule has 0 aromatic carbocycles. The molecule has 4 nitrogen and oxygen atoms in total. The summed E-state index contributed by atoms with van der Waals surface area (Å²) in [7, 11) is 0. The maximum absolute atomic E-state index is 12.9. The summed E-state index contributed by atoms with van der Waals surface area (Å²) >= 11 is 0. The number of hydrogen-bond donors (Lipinski definition) is 1. The van der Waals surface area contributed by atoms with E-state index < -0.39 is 18.3 Å². The van der Waals surface area contributed by atoms with Crippen LogP contribution in [0.4, 0.5) is 13.2 Å². The molecule has 2 unspecified atom stereocenters. The van der Waals surface area contributed by atoms with Gasteiger partial charge in [-0.05, 0) is 25.7 Å². The molecule has 0 bridgehead atoms. The fourth-order valence-corrected chi connectivity index (χ4v) is 2.87. The van der Waals surface area contributed by atoms with Gasteiger partial charge in [0, 0.05) is 32.7 Å². The van der Waals surface area contributed by atoms with Gasteiger partial charge in [-0.15, -0.1) is 0 Å². The second-order valence-electron chi connectivity index (χ2n) is 5.53. The van der Waals surface area contributed by atoms with Crippen LogP contribution in [0.3, 0.4) is 0 Å². The van der Waals surface area contributed by atoms with Crippen LogP contribution >= 0.6 is 0 Å². The average molecular weight is 294 g/mol. The van der Waals surface area contributed by atoms with Crippen LogP contribution in [0.5, 0.6) is 0 Å². The molecule has 0 aromatic rings. The van der Waals surface area contributed by atoms with Crippen LogP contribution in [0.25, 0.3) is 0 Å². The number of rotatable bonds is 2. The van der Waals surface area contributed by atoms with Crippen LogP contribution in [-0.2, 0) is 9.53 Å². The number of nitrogens with zero attached hydrogens (tertiary/aromatic N) is 1. The van der Waals surface area contributed by atoms with Gasteiger partial charge < -0.3 is 9.64 Å². The summed E-state index contributed by atoms with van der Waals surface area (Å²) in [4.78, 5) is 12.9. The largest absolute Gasteiger partial charge is 0.395 e. The Hall–Kier alpha value is -0.820. The van der Waals surface area contributed by atoms with Crippen molar-refractivity contribution >= 4 is 5.91 Å². The van der Waals surface area contributed by atoms with Gasteiger partial charge in [-0.2, -0.15) is 13.2 Å². The zero-order chi connectivity index (χ0) is 14.8. The molecule has 0 aromatic heterocycles. The Morgan fingerprint density at radius 1 is 1.25 bits per heavy atom. The van der Waals surface area contributed by atoms with Crippen molar-refractivity contribution in [1.82, 2.24) is 10.2 Å². The quantitative estimate of drug-likeness (QED) is 0.846. The molecular weight excluding hydrogens is 273 g/mol. The Balaban J connectivity index is 1.87. The number of carbonyl (C=O) groups is 1. The average Bonchev–Trinajstić information content (AvgIpc) is 2.38. The van der Waals surface area contributed by atoms with Gasteiger partial charge in [0.25, 0.3) is 0 Å². The molecule has 0 spiro atoms. The molecule has 2 atom stereocenters. The number of halogens is 3. The van der Waals surface area contributed by atoms with Gasteiger partial charge in [0.1, 0.15) is 6.23 Å². The fraction of sp³-hybridized carbons (Fsp3) is 0.923. The van der Waals surface area contributed by atoms with E-state index in [-0.39, 0.29) is 18.4 Å². The Bertz CT molecular complexity index is 341. The maximum atomic E-state index is 12.9. The van der Waals surface area contributed by atoms with E-state index in [1.807, 2.05) is 0 Å². The lowest BCUT2D eigenvalue weighted by Gasteiger charge is -2.38. The van der Waals surface area contributed by atoms with Crippen molar-refractivity contribution in [3.63, 3.8) is 0 Å². The van der Waals surface area contributed by atoms with E-state index in [4.69, 9.17) is 4.74 Å². The Morgan fingerprint density at radius 2 is 1.90 bits per heavy atom. The summed E-state index contributed by atoms with van der Waals surface area (Å²) in [5, 5.41) is 2.99. The Labute approximate surface area is 116 Å². The highest BCUT2D eigenvalue weighted by Gasteiger charge is 2.47. The summed E-state index contributed by atoms with van der Waals surface area (Å²) in [6, 6.07) is -0.0152. The van der Waals surface area contributed by atoms with Gasteiger partial charge in [0.05, 0.1) is 5.92 Å². The number of amides is 1. The monoisotopic (exact) mass is 294 g/mol. The summed E-state index contributed by atoms with van der Waals surface area (Å²) < 4.78 is 44.1. The lowest BCUT2D eigenvalue weighted by molar-refractivity contribution is -0.228. The van der Waals surface area contributed by atoms with Crippen LogP contribution in [0.1, 0.15) is 32.6 Å². The SMILES string of the molecule is CC(=O)N1CCC(NC2OCCCC2C(F)(F)F)CC1. The first kappa shape index (κ1) is 15.6. The van der Waals surface area contributed by atoms with E-state index in [1.54, 1.807) is 4.90 Å². The van der Waals surface area contributed by atoms with Crippen molar-refractivity contribution in [3.8, 4) is 0 Å². The van der Waals surface area contributed by atoms with Crippen molar-refractivity contribution in [2.24, 2.45) is 5.92 Å². The highest BCUT2D eigenvalue weighted by molar-refractivity contribution is 5.73. The number of nitrogens with one attached hydrogen (secondary N) is 1. The van der Waals surface area contributed by atoms with Crippen LogP contribution in [0.2, 0.25) is 0 Å². The summed E-state index contributed by atoms with van der Waals surface area (Å²) in [6.45, 7) is 3.07. The summed E-state index contributed by atoms with van der Waals surface area (Å²) in [6.07, 6.45) is -3.26. The molecular formula is C13H21F3N2O2. The molecule has 116 valence electrons. The zero-order valence-corrected chi connectivity index (χ0v) is 11.6. The van der Waals surface area contributed by atoms with E-state index in [2.05, 4.69) is 5.32 Å². The molecule has 1 N–H and O–H groups in total. The first-order valence-corrected chi connectivity index (χ1v) is 7.08.